The molecule has 1 rings (SSSR count). The Hall–Kier alpha value is -0.610. The Bertz CT molecular complexity index is 265. The van der Waals surface area contributed by atoms with Crippen LogP contribution in [0.4, 0.5) is 0 Å². The van der Waals surface area contributed by atoms with Gasteiger partial charge < -0.3 is 15.5 Å². The van der Waals surface area contributed by atoms with E-state index in [-0.39, 0.29) is 11.4 Å². The molecule has 1 saturated heterocycles. The van der Waals surface area contributed by atoms with E-state index in [4.69, 9.17) is 0 Å². The van der Waals surface area contributed by atoms with Gasteiger partial charge in [-0.25, -0.2) is 0 Å². The fourth-order valence-electron chi connectivity index (χ4n) is 2.31. The van der Waals surface area contributed by atoms with Crippen LogP contribution >= 0.6 is 0 Å². The third kappa shape index (κ3) is 7.53. The van der Waals surface area contributed by atoms with Gasteiger partial charge in [0.2, 0.25) is 5.91 Å². The van der Waals surface area contributed by atoms with Gasteiger partial charge in [0.25, 0.3) is 0 Å². The first kappa shape index (κ1) is 16.4. The zero-order valence-corrected chi connectivity index (χ0v) is 13.1. The SMILES string of the molecule is CCCCN1CCC(NC(=O)CNC(C)(C)C)CC1. The first-order valence-electron chi connectivity index (χ1n) is 7.67. The second-order valence-electron chi connectivity index (χ2n) is 6.64. The molecule has 1 heterocycles. The average molecular weight is 269 g/mol. The Morgan fingerprint density at radius 1 is 1.26 bits per heavy atom. The summed E-state index contributed by atoms with van der Waals surface area (Å²) in [6, 6.07) is 0.368. The van der Waals surface area contributed by atoms with Gasteiger partial charge in [-0.3, -0.25) is 4.79 Å². The third-order valence-electron chi connectivity index (χ3n) is 3.56. The molecule has 2 N–H and O–H groups in total. The quantitative estimate of drug-likeness (QED) is 0.772. The molecule has 0 bridgehead atoms. The standard InChI is InChI=1S/C15H31N3O/c1-5-6-9-18-10-7-13(8-11-18)17-14(19)12-16-15(2,3)4/h13,16H,5-12H2,1-4H3,(H,17,19). The van der Waals surface area contributed by atoms with Gasteiger partial charge in [0.1, 0.15) is 0 Å². The molecular formula is C15H31N3O. The maximum atomic E-state index is 11.8. The van der Waals surface area contributed by atoms with Gasteiger partial charge in [0.15, 0.2) is 0 Å². The van der Waals surface area contributed by atoms with Crippen molar-refractivity contribution >= 4 is 5.91 Å². The van der Waals surface area contributed by atoms with E-state index in [9.17, 15) is 4.79 Å². The molecule has 0 unspecified atom stereocenters. The molecule has 0 saturated carbocycles. The van der Waals surface area contributed by atoms with E-state index in [0.717, 1.165) is 25.9 Å². The van der Waals surface area contributed by atoms with E-state index in [2.05, 4.69) is 43.2 Å². The van der Waals surface area contributed by atoms with Crippen LogP contribution in [0.15, 0.2) is 0 Å². The van der Waals surface area contributed by atoms with Crippen LogP contribution in [-0.4, -0.2) is 48.6 Å². The fraction of sp³-hybridized carbons (Fsp3) is 0.933. The Labute approximate surface area is 118 Å². The van der Waals surface area contributed by atoms with Crippen LogP contribution in [0.25, 0.3) is 0 Å². The van der Waals surface area contributed by atoms with Crippen LogP contribution in [0.1, 0.15) is 53.4 Å². The summed E-state index contributed by atoms with van der Waals surface area (Å²) in [5.74, 6) is 0.127. The van der Waals surface area contributed by atoms with Crippen LogP contribution in [-0.2, 0) is 4.79 Å². The number of hydrogen-bond donors (Lipinski definition) is 2. The highest BCUT2D eigenvalue weighted by molar-refractivity contribution is 5.78. The lowest BCUT2D eigenvalue weighted by Crippen LogP contribution is -2.49. The van der Waals surface area contributed by atoms with Crippen molar-refractivity contribution in [3.05, 3.63) is 0 Å². The number of nitrogens with one attached hydrogen (secondary N) is 2. The number of rotatable bonds is 6. The normalized spacial score (nSPS) is 18.5. The number of piperidine rings is 1. The molecule has 0 atom stereocenters. The second kappa shape index (κ2) is 7.85. The highest BCUT2D eigenvalue weighted by Gasteiger charge is 2.20. The Morgan fingerprint density at radius 2 is 1.89 bits per heavy atom. The molecule has 112 valence electrons. The van der Waals surface area contributed by atoms with Gasteiger partial charge in [0, 0.05) is 24.7 Å². The van der Waals surface area contributed by atoms with Crippen LogP contribution in [0, 0.1) is 0 Å². The van der Waals surface area contributed by atoms with Crippen molar-refractivity contribution in [3.63, 3.8) is 0 Å². The summed E-state index contributed by atoms with van der Waals surface area (Å²) in [5, 5.41) is 6.37. The molecule has 1 fully saturated rings. The zero-order chi connectivity index (χ0) is 14.3. The monoisotopic (exact) mass is 269 g/mol. The van der Waals surface area contributed by atoms with Crippen molar-refractivity contribution in [2.75, 3.05) is 26.2 Å². The molecule has 0 radical (unpaired) electrons. The van der Waals surface area contributed by atoms with Crippen LogP contribution in [0.2, 0.25) is 0 Å². The topological polar surface area (TPSA) is 44.4 Å². The summed E-state index contributed by atoms with van der Waals surface area (Å²) < 4.78 is 0. The van der Waals surface area contributed by atoms with Crippen molar-refractivity contribution in [3.8, 4) is 0 Å². The highest BCUT2D eigenvalue weighted by Crippen LogP contribution is 2.11. The second-order valence-corrected chi connectivity index (χ2v) is 6.64. The van der Waals surface area contributed by atoms with E-state index in [1.54, 1.807) is 0 Å². The molecule has 0 aliphatic carbocycles. The van der Waals surface area contributed by atoms with Crippen molar-refractivity contribution in [1.29, 1.82) is 0 Å². The molecule has 1 amide bonds. The number of carbonyl (C=O) groups excluding carboxylic acids is 1. The van der Waals surface area contributed by atoms with Crippen molar-refractivity contribution < 1.29 is 4.79 Å². The number of hydrogen-bond acceptors (Lipinski definition) is 3. The number of amides is 1. The van der Waals surface area contributed by atoms with Crippen LogP contribution < -0.4 is 10.6 Å². The number of nitrogens with zero attached hydrogens (tertiary/aromatic N) is 1. The minimum Gasteiger partial charge on any atom is -0.352 e. The first-order chi connectivity index (χ1) is 8.90. The molecule has 4 nitrogen and oxygen atoms in total. The molecule has 0 aromatic rings. The molecule has 0 spiro atoms. The molecule has 1 aliphatic heterocycles. The van der Waals surface area contributed by atoms with Crippen LogP contribution in [0.3, 0.4) is 0 Å². The van der Waals surface area contributed by atoms with Gasteiger partial charge in [-0.15, -0.1) is 0 Å². The largest absolute Gasteiger partial charge is 0.352 e. The number of unbranched alkanes of at least 4 members (excludes halogenated alkanes) is 1. The smallest absolute Gasteiger partial charge is 0.234 e. The van der Waals surface area contributed by atoms with E-state index in [0.29, 0.717) is 12.6 Å². The molecule has 0 aromatic carbocycles. The van der Waals surface area contributed by atoms with Gasteiger partial charge in [0.05, 0.1) is 6.54 Å². The van der Waals surface area contributed by atoms with Crippen LogP contribution in [0.5, 0.6) is 0 Å². The van der Waals surface area contributed by atoms with E-state index in [1.807, 2.05) is 0 Å². The Kier molecular flexibility index (Phi) is 6.80. The predicted octanol–water partition coefficient (Wildman–Crippen LogP) is 1.76. The number of carbonyl (C=O) groups is 1. The Balaban J connectivity index is 2.16. The lowest BCUT2D eigenvalue weighted by atomic mass is 10.0. The zero-order valence-electron chi connectivity index (χ0n) is 13.1. The molecular weight excluding hydrogens is 238 g/mol. The van der Waals surface area contributed by atoms with Gasteiger partial charge in [-0.1, -0.05) is 13.3 Å². The molecule has 1 aliphatic rings. The average Bonchev–Trinajstić information content (AvgIpc) is 2.35. The van der Waals surface area contributed by atoms with E-state index < -0.39 is 0 Å². The van der Waals surface area contributed by atoms with Gasteiger partial charge in [-0.05, 0) is 46.6 Å². The van der Waals surface area contributed by atoms with Crippen molar-refractivity contribution in [2.45, 2.75) is 65.0 Å². The summed E-state index contributed by atoms with van der Waals surface area (Å²) in [6.07, 6.45) is 4.72. The summed E-state index contributed by atoms with van der Waals surface area (Å²) in [4.78, 5) is 14.3. The molecule has 19 heavy (non-hydrogen) atoms. The minimum absolute atomic E-state index is 0.000850. The number of likely N-dealkylation sites (tertiary alicyclic amines) is 1. The first-order valence-corrected chi connectivity index (χ1v) is 7.67. The third-order valence-corrected chi connectivity index (χ3v) is 3.56. The van der Waals surface area contributed by atoms with Crippen molar-refractivity contribution in [2.24, 2.45) is 0 Å². The van der Waals surface area contributed by atoms with Crippen molar-refractivity contribution in [1.82, 2.24) is 15.5 Å². The summed E-state index contributed by atoms with van der Waals surface area (Å²) in [6.45, 7) is 12.3. The predicted molar refractivity (Wildman–Crippen MR) is 80.3 cm³/mol. The lowest BCUT2D eigenvalue weighted by molar-refractivity contribution is -0.121. The molecule has 4 heteroatoms. The van der Waals surface area contributed by atoms with E-state index in [1.165, 1.54) is 19.4 Å². The molecule has 0 aromatic heterocycles. The maximum absolute atomic E-state index is 11.8. The Morgan fingerprint density at radius 3 is 2.42 bits per heavy atom. The summed E-state index contributed by atoms with van der Waals surface area (Å²) in [5.41, 5.74) is 0.000850. The summed E-state index contributed by atoms with van der Waals surface area (Å²) in [7, 11) is 0. The maximum Gasteiger partial charge on any atom is 0.234 e. The lowest BCUT2D eigenvalue weighted by Gasteiger charge is -2.32. The van der Waals surface area contributed by atoms with Gasteiger partial charge >= 0.3 is 0 Å². The van der Waals surface area contributed by atoms with E-state index >= 15 is 0 Å². The summed E-state index contributed by atoms with van der Waals surface area (Å²) >= 11 is 0. The fourth-order valence-corrected chi connectivity index (χ4v) is 2.31. The minimum atomic E-state index is 0.000850. The highest BCUT2D eigenvalue weighted by atomic mass is 16.2. The van der Waals surface area contributed by atoms with Gasteiger partial charge in [-0.2, -0.15) is 0 Å².